The Labute approximate surface area is 122 Å². The molecule has 0 fully saturated rings. The summed E-state index contributed by atoms with van der Waals surface area (Å²) in [7, 11) is 0. The van der Waals surface area contributed by atoms with E-state index in [1.54, 1.807) is 24.3 Å². The molecule has 0 spiro atoms. The lowest BCUT2D eigenvalue weighted by Crippen LogP contribution is -2.10. The van der Waals surface area contributed by atoms with Gasteiger partial charge in [0, 0.05) is 10.2 Å². The third-order valence-corrected chi connectivity index (χ3v) is 3.33. The number of nitriles is 1. The van der Waals surface area contributed by atoms with Crippen molar-refractivity contribution in [1.82, 2.24) is 0 Å². The van der Waals surface area contributed by atoms with Crippen LogP contribution in [0.15, 0.2) is 40.9 Å². The van der Waals surface area contributed by atoms with E-state index in [4.69, 9.17) is 5.26 Å². The Hall–Kier alpha value is -2.00. The fourth-order valence-electron chi connectivity index (χ4n) is 1.67. The Bertz CT molecular complexity index is 659. The lowest BCUT2D eigenvalue weighted by molar-refractivity contribution is 0.445. The summed E-state index contributed by atoms with van der Waals surface area (Å²) in [4.78, 5) is 0. The number of para-hydroxylation sites is 1. The van der Waals surface area contributed by atoms with Crippen LogP contribution in [0.2, 0.25) is 0 Å². The second kappa shape index (κ2) is 5.97. The van der Waals surface area contributed by atoms with Gasteiger partial charge in [0.1, 0.15) is 6.04 Å². The van der Waals surface area contributed by atoms with Crippen LogP contribution in [0.5, 0.6) is 0 Å². The van der Waals surface area contributed by atoms with Crippen LogP contribution in [0.25, 0.3) is 0 Å². The van der Waals surface area contributed by atoms with Gasteiger partial charge in [0.25, 0.3) is 0 Å². The number of nitrogens with one attached hydrogen (secondary N) is 1. The molecule has 20 heavy (non-hydrogen) atoms. The fraction of sp³-hybridized carbons (Fsp3) is 0.0714. The molecule has 0 bridgehead atoms. The van der Waals surface area contributed by atoms with Gasteiger partial charge in [-0.05, 0) is 45.8 Å². The van der Waals surface area contributed by atoms with Gasteiger partial charge in [-0.2, -0.15) is 5.26 Å². The molecule has 0 heterocycles. The summed E-state index contributed by atoms with van der Waals surface area (Å²) in [6, 6.07) is 9.46. The Morgan fingerprint density at radius 3 is 2.25 bits per heavy atom. The van der Waals surface area contributed by atoms with Crippen LogP contribution in [0, 0.1) is 28.8 Å². The highest BCUT2D eigenvalue weighted by atomic mass is 79.9. The van der Waals surface area contributed by atoms with Gasteiger partial charge in [0.2, 0.25) is 0 Å². The van der Waals surface area contributed by atoms with Gasteiger partial charge in [-0.1, -0.05) is 12.1 Å². The molecule has 0 amide bonds. The van der Waals surface area contributed by atoms with Crippen molar-refractivity contribution in [3.05, 3.63) is 63.9 Å². The van der Waals surface area contributed by atoms with Gasteiger partial charge in [-0.3, -0.25) is 0 Å². The minimum absolute atomic E-state index is 0.0136. The number of nitrogens with zero attached hydrogens (tertiary/aromatic N) is 1. The van der Waals surface area contributed by atoms with Crippen molar-refractivity contribution in [2.24, 2.45) is 0 Å². The smallest absolute Gasteiger partial charge is 0.194 e. The minimum atomic E-state index is -1.55. The van der Waals surface area contributed by atoms with Crippen LogP contribution in [0.1, 0.15) is 11.6 Å². The molecule has 0 aromatic heterocycles. The van der Waals surface area contributed by atoms with E-state index in [2.05, 4.69) is 21.2 Å². The maximum absolute atomic E-state index is 13.2. The van der Waals surface area contributed by atoms with E-state index < -0.39 is 23.5 Å². The first kappa shape index (κ1) is 14.4. The molecule has 0 saturated heterocycles. The van der Waals surface area contributed by atoms with Crippen molar-refractivity contribution in [3.63, 3.8) is 0 Å². The summed E-state index contributed by atoms with van der Waals surface area (Å²) < 4.78 is 40.0. The summed E-state index contributed by atoms with van der Waals surface area (Å²) in [5, 5.41) is 11.9. The molecule has 0 aliphatic rings. The zero-order valence-electron chi connectivity index (χ0n) is 10.0. The molecule has 0 aliphatic carbocycles. The highest BCUT2D eigenvalue weighted by molar-refractivity contribution is 9.10. The third-order valence-electron chi connectivity index (χ3n) is 2.64. The van der Waals surface area contributed by atoms with Crippen molar-refractivity contribution < 1.29 is 13.2 Å². The first-order valence-electron chi connectivity index (χ1n) is 5.58. The molecule has 102 valence electrons. The van der Waals surface area contributed by atoms with Crippen LogP contribution in [-0.2, 0) is 0 Å². The average Bonchev–Trinajstić information content (AvgIpc) is 2.43. The normalized spacial score (nSPS) is 11.8. The topological polar surface area (TPSA) is 35.8 Å². The number of halogens is 4. The Balaban J connectivity index is 2.35. The lowest BCUT2D eigenvalue weighted by atomic mass is 10.1. The second-order valence-electron chi connectivity index (χ2n) is 3.98. The van der Waals surface area contributed by atoms with Crippen LogP contribution < -0.4 is 5.32 Å². The highest BCUT2D eigenvalue weighted by Gasteiger charge is 2.17. The fourth-order valence-corrected chi connectivity index (χ4v) is 2.06. The quantitative estimate of drug-likeness (QED) is 0.832. The second-order valence-corrected chi connectivity index (χ2v) is 4.84. The van der Waals surface area contributed by atoms with Gasteiger partial charge >= 0.3 is 0 Å². The molecule has 1 atom stereocenters. The summed E-state index contributed by atoms with van der Waals surface area (Å²) in [5.41, 5.74) is 0.601. The van der Waals surface area contributed by atoms with Gasteiger partial charge in [0.05, 0.1) is 6.07 Å². The van der Waals surface area contributed by atoms with E-state index in [1.165, 1.54) is 0 Å². The standard InChI is InChI=1S/C14H8BrF3N2/c15-9-3-1-2-4-12(9)20-13(7-19)8-5-10(16)14(18)11(17)6-8/h1-6,13,20H. The summed E-state index contributed by atoms with van der Waals surface area (Å²) in [6.45, 7) is 0. The lowest BCUT2D eigenvalue weighted by Gasteiger charge is -2.15. The highest BCUT2D eigenvalue weighted by Crippen LogP contribution is 2.27. The molecule has 2 rings (SSSR count). The van der Waals surface area contributed by atoms with Crippen molar-refractivity contribution in [2.45, 2.75) is 6.04 Å². The Kier molecular flexibility index (Phi) is 4.30. The molecule has 0 aliphatic heterocycles. The third kappa shape index (κ3) is 2.94. The van der Waals surface area contributed by atoms with Gasteiger partial charge < -0.3 is 5.32 Å². The number of anilines is 1. The maximum atomic E-state index is 13.2. The molecule has 2 nitrogen and oxygen atoms in total. The van der Waals surface area contributed by atoms with Crippen molar-refractivity contribution in [1.29, 1.82) is 5.26 Å². The van der Waals surface area contributed by atoms with E-state index in [0.717, 1.165) is 12.1 Å². The van der Waals surface area contributed by atoms with E-state index in [1.807, 2.05) is 6.07 Å². The first-order chi connectivity index (χ1) is 9.52. The first-order valence-corrected chi connectivity index (χ1v) is 6.37. The molecule has 0 radical (unpaired) electrons. The van der Waals surface area contributed by atoms with E-state index in [-0.39, 0.29) is 5.56 Å². The van der Waals surface area contributed by atoms with Crippen molar-refractivity contribution in [2.75, 3.05) is 5.32 Å². The molecule has 1 unspecified atom stereocenters. The zero-order valence-corrected chi connectivity index (χ0v) is 11.6. The largest absolute Gasteiger partial charge is 0.365 e. The molecular weight excluding hydrogens is 333 g/mol. The summed E-state index contributed by atoms with van der Waals surface area (Å²) >= 11 is 3.29. The van der Waals surface area contributed by atoms with Crippen molar-refractivity contribution >= 4 is 21.6 Å². The number of hydrogen-bond donors (Lipinski definition) is 1. The number of benzene rings is 2. The monoisotopic (exact) mass is 340 g/mol. The van der Waals surface area contributed by atoms with E-state index >= 15 is 0 Å². The van der Waals surface area contributed by atoms with Crippen LogP contribution >= 0.6 is 15.9 Å². The van der Waals surface area contributed by atoms with Gasteiger partial charge in [-0.25, -0.2) is 13.2 Å². The Morgan fingerprint density at radius 2 is 1.70 bits per heavy atom. The SMILES string of the molecule is N#CC(Nc1ccccc1Br)c1cc(F)c(F)c(F)c1. The van der Waals surface area contributed by atoms with Gasteiger partial charge in [0.15, 0.2) is 17.5 Å². The van der Waals surface area contributed by atoms with Gasteiger partial charge in [-0.15, -0.1) is 0 Å². The molecular formula is C14H8BrF3N2. The number of rotatable bonds is 3. The van der Waals surface area contributed by atoms with E-state index in [9.17, 15) is 13.2 Å². The van der Waals surface area contributed by atoms with E-state index in [0.29, 0.717) is 10.2 Å². The summed E-state index contributed by atoms with van der Waals surface area (Å²) in [5.74, 6) is -4.20. The average molecular weight is 341 g/mol. The predicted molar refractivity (Wildman–Crippen MR) is 72.4 cm³/mol. The molecule has 1 N–H and O–H groups in total. The van der Waals surface area contributed by atoms with Crippen LogP contribution in [-0.4, -0.2) is 0 Å². The maximum Gasteiger partial charge on any atom is 0.194 e. The van der Waals surface area contributed by atoms with Crippen LogP contribution in [0.3, 0.4) is 0 Å². The molecule has 0 saturated carbocycles. The Morgan fingerprint density at radius 1 is 1.10 bits per heavy atom. The predicted octanol–water partition coefficient (Wildman–Crippen LogP) is 4.54. The molecule has 2 aromatic carbocycles. The minimum Gasteiger partial charge on any atom is -0.365 e. The zero-order chi connectivity index (χ0) is 14.7. The summed E-state index contributed by atoms with van der Waals surface area (Å²) in [6.07, 6.45) is 0. The molecule has 6 heteroatoms. The van der Waals surface area contributed by atoms with Crippen molar-refractivity contribution in [3.8, 4) is 6.07 Å². The number of hydrogen-bond acceptors (Lipinski definition) is 2. The van der Waals surface area contributed by atoms with Crippen LogP contribution in [0.4, 0.5) is 18.9 Å². The molecule has 2 aromatic rings.